The molecule has 0 saturated heterocycles. The number of fused-ring (bicyclic) bond motifs is 1. The SMILES string of the molecule is C[C@H](NC(=O)C=Cc1ccc(Cl)cc1F)c1ccc2ccccc2c1. The monoisotopic (exact) mass is 353 g/mol. The molecular weight excluding hydrogens is 337 g/mol. The molecular formula is C21H17ClFNO. The standard InChI is InChI=1S/C21H17ClFNO/c1-14(17-7-6-15-4-2-3-5-18(15)12-17)24-21(25)11-9-16-8-10-19(22)13-20(16)23/h2-14H,1H3,(H,24,25)/t14-/m0/s1. The van der Waals surface area contributed by atoms with Crippen molar-refractivity contribution in [1.29, 1.82) is 0 Å². The van der Waals surface area contributed by atoms with Gasteiger partial charge in [0.15, 0.2) is 0 Å². The Morgan fingerprint density at radius 1 is 1.08 bits per heavy atom. The minimum absolute atomic E-state index is 0.156. The third kappa shape index (κ3) is 4.25. The van der Waals surface area contributed by atoms with E-state index in [-0.39, 0.29) is 11.9 Å². The van der Waals surface area contributed by atoms with Crippen LogP contribution in [-0.4, -0.2) is 5.91 Å². The minimum atomic E-state index is -0.459. The number of halogens is 2. The highest BCUT2D eigenvalue weighted by Crippen LogP contribution is 2.20. The fraction of sp³-hybridized carbons (Fsp3) is 0.0952. The van der Waals surface area contributed by atoms with E-state index in [1.807, 2.05) is 43.3 Å². The number of hydrogen-bond acceptors (Lipinski definition) is 1. The van der Waals surface area contributed by atoms with Gasteiger partial charge in [-0.1, -0.05) is 54.1 Å². The average Bonchev–Trinajstić information content (AvgIpc) is 2.60. The minimum Gasteiger partial charge on any atom is -0.346 e. The van der Waals surface area contributed by atoms with Crippen molar-refractivity contribution >= 4 is 34.4 Å². The summed E-state index contributed by atoms with van der Waals surface area (Å²) >= 11 is 5.71. The van der Waals surface area contributed by atoms with Crippen LogP contribution in [0.3, 0.4) is 0 Å². The molecule has 0 bridgehead atoms. The van der Waals surface area contributed by atoms with Crippen molar-refractivity contribution < 1.29 is 9.18 Å². The van der Waals surface area contributed by atoms with Crippen molar-refractivity contribution in [3.8, 4) is 0 Å². The second-order valence-corrected chi connectivity index (χ2v) is 6.27. The highest BCUT2D eigenvalue weighted by atomic mass is 35.5. The van der Waals surface area contributed by atoms with Crippen LogP contribution in [0.5, 0.6) is 0 Å². The molecule has 0 saturated carbocycles. The Morgan fingerprint density at radius 2 is 1.84 bits per heavy atom. The predicted molar refractivity (Wildman–Crippen MR) is 101 cm³/mol. The van der Waals surface area contributed by atoms with E-state index in [2.05, 4.69) is 11.4 Å². The maximum atomic E-state index is 13.7. The Morgan fingerprint density at radius 3 is 2.60 bits per heavy atom. The second kappa shape index (κ2) is 7.49. The van der Waals surface area contributed by atoms with Gasteiger partial charge in [-0.15, -0.1) is 0 Å². The third-order valence-corrected chi connectivity index (χ3v) is 4.24. The molecule has 0 aliphatic heterocycles. The number of carbonyl (C=O) groups excluding carboxylic acids is 1. The lowest BCUT2D eigenvalue weighted by atomic mass is 10.0. The van der Waals surface area contributed by atoms with Gasteiger partial charge in [0.25, 0.3) is 0 Å². The first-order valence-electron chi connectivity index (χ1n) is 7.95. The summed E-state index contributed by atoms with van der Waals surface area (Å²) in [6.45, 7) is 1.92. The van der Waals surface area contributed by atoms with Crippen molar-refractivity contribution in [2.24, 2.45) is 0 Å². The van der Waals surface area contributed by atoms with E-state index >= 15 is 0 Å². The van der Waals surface area contributed by atoms with E-state index in [1.54, 1.807) is 6.07 Å². The van der Waals surface area contributed by atoms with Gasteiger partial charge in [0, 0.05) is 16.7 Å². The Hall–Kier alpha value is -2.65. The molecule has 3 rings (SSSR count). The normalized spacial score (nSPS) is 12.4. The Balaban J connectivity index is 1.69. The number of nitrogens with one attached hydrogen (secondary N) is 1. The van der Waals surface area contributed by atoms with E-state index in [0.29, 0.717) is 10.6 Å². The lowest BCUT2D eigenvalue weighted by Crippen LogP contribution is -2.24. The zero-order valence-electron chi connectivity index (χ0n) is 13.7. The highest BCUT2D eigenvalue weighted by Gasteiger charge is 2.08. The first kappa shape index (κ1) is 17.2. The molecule has 126 valence electrons. The summed E-state index contributed by atoms with van der Waals surface area (Å²) in [5.74, 6) is -0.742. The van der Waals surface area contributed by atoms with E-state index < -0.39 is 5.82 Å². The first-order chi connectivity index (χ1) is 12.0. The molecule has 3 aromatic rings. The molecule has 0 spiro atoms. The van der Waals surface area contributed by atoms with Crippen molar-refractivity contribution in [2.75, 3.05) is 0 Å². The molecule has 0 aliphatic rings. The zero-order chi connectivity index (χ0) is 17.8. The van der Waals surface area contributed by atoms with Crippen LogP contribution in [-0.2, 0) is 4.79 Å². The summed E-state index contributed by atoms with van der Waals surface area (Å²) in [5, 5.41) is 5.49. The average molecular weight is 354 g/mol. The van der Waals surface area contributed by atoms with Crippen LogP contribution in [0, 0.1) is 5.82 Å². The van der Waals surface area contributed by atoms with E-state index in [9.17, 15) is 9.18 Å². The van der Waals surface area contributed by atoms with Crippen LogP contribution in [0.4, 0.5) is 4.39 Å². The van der Waals surface area contributed by atoms with E-state index in [4.69, 9.17) is 11.6 Å². The molecule has 0 aromatic heterocycles. The topological polar surface area (TPSA) is 29.1 Å². The van der Waals surface area contributed by atoms with Crippen LogP contribution in [0.2, 0.25) is 5.02 Å². The lowest BCUT2D eigenvalue weighted by molar-refractivity contribution is -0.117. The molecule has 0 aliphatic carbocycles. The van der Waals surface area contributed by atoms with E-state index in [1.165, 1.54) is 24.3 Å². The van der Waals surface area contributed by atoms with Gasteiger partial charge in [-0.2, -0.15) is 0 Å². The van der Waals surface area contributed by atoms with Gasteiger partial charge in [0.05, 0.1) is 6.04 Å². The number of hydrogen-bond donors (Lipinski definition) is 1. The summed E-state index contributed by atoms with van der Waals surface area (Å²) in [6.07, 6.45) is 2.76. The van der Waals surface area contributed by atoms with Crippen LogP contribution in [0.15, 0.2) is 66.7 Å². The summed E-state index contributed by atoms with van der Waals surface area (Å²) < 4.78 is 13.7. The molecule has 0 fully saturated rings. The smallest absolute Gasteiger partial charge is 0.244 e. The summed E-state index contributed by atoms with van der Waals surface area (Å²) in [6, 6.07) is 18.3. The number of benzene rings is 3. The Kier molecular flexibility index (Phi) is 5.15. The molecule has 25 heavy (non-hydrogen) atoms. The van der Waals surface area contributed by atoms with Crippen LogP contribution in [0.25, 0.3) is 16.8 Å². The van der Waals surface area contributed by atoms with Gasteiger partial charge in [-0.25, -0.2) is 4.39 Å². The number of amides is 1. The molecule has 0 heterocycles. The third-order valence-electron chi connectivity index (χ3n) is 4.01. The molecule has 3 aromatic carbocycles. The molecule has 1 N–H and O–H groups in total. The van der Waals surface area contributed by atoms with Gasteiger partial charge in [0.1, 0.15) is 5.82 Å². The van der Waals surface area contributed by atoms with Gasteiger partial charge in [0.2, 0.25) is 5.91 Å². The fourth-order valence-electron chi connectivity index (χ4n) is 2.62. The highest BCUT2D eigenvalue weighted by molar-refractivity contribution is 6.30. The molecule has 0 radical (unpaired) electrons. The van der Waals surface area contributed by atoms with Gasteiger partial charge < -0.3 is 5.32 Å². The quantitative estimate of drug-likeness (QED) is 0.614. The van der Waals surface area contributed by atoms with Crippen molar-refractivity contribution in [1.82, 2.24) is 5.32 Å². The van der Waals surface area contributed by atoms with Gasteiger partial charge in [-0.3, -0.25) is 4.79 Å². The zero-order valence-corrected chi connectivity index (χ0v) is 14.4. The van der Waals surface area contributed by atoms with Crippen LogP contribution in [0.1, 0.15) is 24.1 Å². The lowest BCUT2D eigenvalue weighted by Gasteiger charge is -2.14. The number of carbonyl (C=O) groups is 1. The molecule has 4 heteroatoms. The maximum Gasteiger partial charge on any atom is 0.244 e. The maximum absolute atomic E-state index is 13.7. The van der Waals surface area contributed by atoms with Crippen molar-refractivity contribution in [3.63, 3.8) is 0 Å². The molecule has 1 amide bonds. The van der Waals surface area contributed by atoms with Gasteiger partial charge >= 0.3 is 0 Å². The van der Waals surface area contributed by atoms with E-state index in [0.717, 1.165) is 16.3 Å². The predicted octanol–water partition coefficient (Wildman–Crippen LogP) is 5.52. The number of rotatable bonds is 4. The molecule has 1 atom stereocenters. The Labute approximate surface area is 150 Å². The fourth-order valence-corrected chi connectivity index (χ4v) is 2.78. The Bertz CT molecular complexity index is 952. The van der Waals surface area contributed by atoms with Crippen molar-refractivity contribution in [3.05, 3.63) is 88.7 Å². The van der Waals surface area contributed by atoms with Crippen LogP contribution < -0.4 is 5.32 Å². The summed E-state index contributed by atoms with van der Waals surface area (Å²) in [7, 11) is 0. The second-order valence-electron chi connectivity index (χ2n) is 5.84. The van der Waals surface area contributed by atoms with Crippen LogP contribution >= 0.6 is 11.6 Å². The largest absolute Gasteiger partial charge is 0.346 e. The first-order valence-corrected chi connectivity index (χ1v) is 8.33. The van der Waals surface area contributed by atoms with Crippen molar-refractivity contribution in [2.45, 2.75) is 13.0 Å². The molecule has 0 unspecified atom stereocenters. The summed E-state index contributed by atoms with van der Waals surface area (Å²) in [5.41, 5.74) is 1.33. The van der Waals surface area contributed by atoms with Gasteiger partial charge in [-0.05, 0) is 47.5 Å². The molecule has 2 nitrogen and oxygen atoms in total. The summed E-state index contributed by atoms with van der Waals surface area (Å²) in [4.78, 5) is 12.1.